The average molecular weight is 317 g/mol. The molecule has 0 saturated heterocycles. The van der Waals surface area contributed by atoms with Crippen molar-refractivity contribution in [2.75, 3.05) is 11.1 Å². The maximum absolute atomic E-state index is 13.1. The van der Waals surface area contributed by atoms with Crippen LogP contribution in [-0.4, -0.2) is 11.7 Å². The largest absolute Gasteiger partial charge is 0.325 e. The van der Waals surface area contributed by atoms with Crippen molar-refractivity contribution < 1.29 is 9.18 Å². The second-order valence-corrected chi connectivity index (χ2v) is 6.43. The second-order valence-electron chi connectivity index (χ2n) is 5.44. The molecule has 0 aliphatic carbocycles. The van der Waals surface area contributed by atoms with E-state index >= 15 is 0 Å². The molecule has 0 unspecified atom stereocenters. The zero-order valence-corrected chi connectivity index (χ0v) is 13.9. The minimum atomic E-state index is -0.242. The van der Waals surface area contributed by atoms with Gasteiger partial charge in [-0.05, 0) is 49.6 Å². The van der Waals surface area contributed by atoms with E-state index in [0.717, 1.165) is 22.4 Å². The van der Waals surface area contributed by atoms with Gasteiger partial charge in [-0.25, -0.2) is 4.39 Å². The zero-order chi connectivity index (χ0) is 16.1. The van der Waals surface area contributed by atoms with E-state index in [1.54, 1.807) is 6.07 Å². The highest BCUT2D eigenvalue weighted by atomic mass is 32.2. The van der Waals surface area contributed by atoms with E-state index in [1.807, 2.05) is 26.8 Å². The lowest BCUT2D eigenvalue weighted by Crippen LogP contribution is -2.16. The van der Waals surface area contributed by atoms with Crippen LogP contribution < -0.4 is 5.32 Å². The number of hydrogen-bond acceptors (Lipinski definition) is 2. The van der Waals surface area contributed by atoms with Gasteiger partial charge in [0.15, 0.2) is 0 Å². The van der Waals surface area contributed by atoms with Crippen LogP contribution in [0.2, 0.25) is 0 Å². The molecule has 0 aromatic heterocycles. The van der Waals surface area contributed by atoms with E-state index in [2.05, 4.69) is 17.4 Å². The summed E-state index contributed by atoms with van der Waals surface area (Å²) in [6.45, 7) is 6.03. The molecular weight excluding hydrogens is 297 g/mol. The third-order valence-corrected chi connectivity index (χ3v) is 4.34. The molecule has 4 heteroatoms. The summed E-state index contributed by atoms with van der Waals surface area (Å²) in [6, 6.07) is 10.6. The highest BCUT2D eigenvalue weighted by Crippen LogP contribution is 2.22. The van der Waals surface area contributed by atoms with Gasteiger partial charge in [-0.1, -0.05) is 29.8 Å². The number of nitrogens with one attached hydrogen (secondary N) is 1. The zero-order valence-electron chi connectivity index (χ0n) is 13.1. The molecule has 0 saturated carbocycles. The Hall–Kier alpha value is -1.81. The Bertz CT molecular complexity index is 662. The Labute approximate surface area is 135 Å². The first-order valence-corrected chi connectivity index (χ1v) is 8.31. The molecule has 116 valence electrons. The predicted molar refractivity (Wildman–Crippen MR) is 91.8 cm³/mol. The van der Waals surface area contributed by atoms with E-state index in [9.17, 15) is 9.18 Å². The number of carbonyl (C=O) groups is 1. The van der Waals surface area contributed by atoms with Gasteiger partial charge < -0.3 is 5.32 Å². The summed E-state index contributed by atoms with van der Waals surface area (Å²) in [7, 11) is 0. The van der Waals surface area contributed by atoms with Crippen molar-refractivity contribution in [3.63, 3.8) is 0 Å². The van der Waals surface area contributed by atoms with E-state index in [0.29, 0.717) is 11.5 Å². The van der Waals surface area contributed by atoms with Crippen LogP contribution in [-0.2, 0) is 10.5 Å². The number of halogens is 1. The third kappa shape index (κ3) is 4.60. The number of thioether (sulfide) groups is 1. The molecule has 0 bridgehead atoms. The molecule has 0 aliphatic heterocycles. The Balaban J connectivity index is 1.89. The maximum Gasteiger partial charge on any atom is 0.234 e. The lowest BCUT2D eigenvalue weighted by Gasteiger charge is -2.12. The van der Waals surface area contributed by atoms with Gasteiger partial charge >= 0.3 is 0 Å². The van der Waals surface area contributed by atoms with Gasteiger partial charge in [0.1, 0.15) is 5.82 Å². The summed E-state index contributed by atoms with van der Waals surface area (Å²) < 4.78 is 13.1. The van der Waals surface area contributed by atoms with E-state index in [4.69, 9.17) is 0 Å². The first-order valence-electron chi connectivity index (χ1n) is 7.15. The summed E-state index contributed by atoms with van der Waals surface area (Å²) >= 11 is 1.48. The molecule has 2 rings (SSSR count). The highest BCUT2D eigenvalue weighted by molar-refractivity contribution is 7.99. The van der Waals surface area contributed by atoms with Gasteiger partial charge in [-0.15, -0.1) is 11.8 Å². The molecule has 1 N–H and O–H groups in total. The number of benzene rings is 2. The molecule has 0 aliphatic rings. The second kappa shape index (κ2) is 7.45. The fourth-order valence-electron chi connectivity index (χ4n) is 2.44. The lowest BCUT2D eigenvalue weighted by atomic mass is 10.1. The molecule has 0 fully saturated rings. The van der Waals surface area contributed by atoms with Crippen molar-refractivity contribution in [3.8, 4) is 0 Å². The Morgan fingerprint density at radius 2 is 1.82 bits per heavy atom. The number of hydrogen-bond donors (Lipinski definition) is 1. The summed E-state index contributed by atoms with van der Waals surface area (Å²) in [4.78, 5) is 12.1. The summed E-state index contributed by atoms with van der Waals surface area (Å²) in [5.74, 6) is 0.699. The van der Waals surface area contributed by atoms with Crippen molar-refractivity contribution in [1.82, 2.24) is 0 Å². The van der Waals surface area contributed by atoms with Crippen molar-refractivity contribution in [1.29, 1.82) is 0 Å². The average Bonchev–Trinajstić information content (AvgIpc) is 2.43. The number of anilines is 1. The lowest BCUT2D eigenvalue weighted by molar-refractivity contribution is -0.113. The molecule has 0 atom stereocenters. The number of rotatable bonds is 5. The van der Waals surface area contributed by atoms with Gasteiger partial charge in [0.05, 0.1) is 5.75 Å². The third-order valence-electron chi connectivity index (χ3n) is 3.33. The number of amides is 1. The monoisotopic (exact) mass is 317 g/mol. The van der Waals surface area contributed by atoms with Crippen LogP contribution in [0.1, 0.15) is 22.3 Å². The summed E-state index contributed by atoms with van der Waals surface area (Å²) in [6.07, 6.45) is 0. The minimum Gasteiger partial charge on any atom is -0.325 e. The van der Waals surface area contributed by atoms with Crippen LogP contribution in [0.15, 0.2) is 36.4 Å². The van der Waals surface area contributed by atoms with E-state index < -0.39 is 0 Å². The van der Waals surface area contributed by atoms with Crippen LogP contribution in [0.3, 0.4) is 0 Å². The maximum atomic E-state index is 13.1. The van der Waals surface area contributed by atoms with Crippen molar-refractivity contribution in [3.05, 3.63) is 64.5 Å². The van der Waals surface area contributed by atoms with Crippen LogP contribution >= 0.6 is 11.8 Å². The first kappa shape index (κ1) is 16.6. The predicted octanol–water partition coefficient (Wildman–Crippen LogP) is 4.62. The molecule has 22 heavy (non-hydrogen) atoms. The van der Waals surface area contributed by atoms with Crippen molar-refractivity contribution in [2.24, 2.45) is 0 Å². The standard InChI is InChI=1S/C18H20FNOS/c1-12-7-13(2)18(14(3)8-12)20-17(21)11-22-10-15-5-4-6-16(19)9-15/h4-9H,10-11H2,1-3H3,(H,20,21). The van der Waals surface area contributed by atoms with Crippen LogP contribution in [0.25, 0.3) is 0 Å². The summed E-state index contributed by atoms with van der Waals surface area (Å²) in [5.41, 5.74) is 5.11. The Kier molecular flexibility index (Phi) is 5.61. The molecule has 0 heterocycles. The van der Waals surface area contributed by atoms with Crippen LogP contribution in [0.4, 0.5) is 10.1 Å². The van der Waals surface area contributed by atoms with Gasteiger partial charge in [0, 0.05) is 11.4 Å². The topological polar surface area (TPSA) is 29.1 Å². The highest BCUT2D eigenvalue weighted by Gasteiger charge is 2.08. The Morgan fingerprint density at radius 3 is 2.45 bits per heavy atom. The number of aryl methyl sites for hydroxylation is 3. The molecule has 0 radical (unpaired) electrons. The van der Waals surface area contributed by atoms with Crippen LogP contribution in [0.5, 0.6) is 0 Å². The normalized spacial score (nSPS) is 10.5. The fraction of sp³-hybridized carbons (Fsp3) is 0.278. The Morgan fingerprint density at radius 1 is 1.14 bits per heavy atom. The van der Waals surface area contributed by atoms with Gasteiger partial charge in [0.2, 0.25) is 5.91 Å². The number of carbonyl (C=O) groups excluding carboxylic acids is 1. The quantitative estimate of drug-likeness (QED) is 0.871. The molecular formula is C18H20FNOS. The van der Waals surface area contributed by atoms with Crippen molar-refractivity contribution in [2.45, 2.75) is 26.5 Å². The molecule has 2 aromatic carbocycles. The molecule has 0 spiro atoms. The molecule has 1 amide bonds. The van der Waals surface area contributed by atoms with E-state index in [1.165, 1.54) is 29.5 Å². The minimum absolute atomic E-state index is 0.0311. The molecule has 2 aromatic rings. The first-order chi connectivity index (χ1) is 10.5. The van der Waals surface area contributed by atoms with Gasteiger partial charge in [-0.2, -0.15) is 0 Å². The summed E-state index contributed by atoms with van der Waals surface area (Å²) in [5, 5.41) is 2.97. The van der Waals surface area contributed by atoms with Gasteiger partial charge in [-0.3, -0.25) is 4.79 Å². The van der Waals surface area contributed by atoms with E-state index in [-0.39, 0.29) is 11.7 Å². The molecule has 2 nitrogen and oxygen atoms in total. The smallest absolute Gasteiger partial charge is 0.234 e. The van der Waals surface area contributed by atoms with Gasteiger partial charge in [0.25, 0.3) is 0 Å². The fourth-order valence-corrected chi connectivity index (χ4v) is 3.22. The SMILES string of the molecule is Cc1cc(C)c(NC(=O)CSCc2cccc(F)c2)c(C)c1. The van der Waals surface area contributed by atoms with Crippen LogP contribution in [0, 0.1) is 26.6 Å². The van der Waals surface area contributed by atoms with Crippen molar-refractivity contribution >= 4 is 23.4 Å².